The van der Waals surface area contributed by atoms with Crippen molar-refractivity contribution in [1.82, 2.24) is 4.90 Å². The number of hydrogen-bond acceptors (Lipinski definition) is 3. The van der Waals surface area contributed by atoms with E-state index in [4.69, 9.17) is 4.74 Å². The summed E-state index contributed by atoms with van der Waals surface area (Å²) < 4.78 is 18.4. The lowest BCUT2D eigenvalue weighted by atomic mass is 10.1. The van der Waals surface area contributed by atoms with E-state index in [9.17, 15) is 14.3 Å². The van der Waals surface area contributed by atoms with E-state index in [1.165, 1.54) is 24.3 Å². The van der Waals surface area contributed by atoms with E-state index in [1.54, 1.807) is 36.2 Å². The minimum absolute atomic E-state index is 0.0207. The van der Waals surface area contributed by atoms with Crippen molar-refractivity contribution < 1.29 is 19.0 Å². The van der Waals surface area contributed by atoms with Crippen molar-refractivity contribution in [3.05, 3.63) is 65.5 Å². The Morgan fingerprint density at radius 3 is 2.61 bits per heavy atom. The van der Waals surface area contributed by atoms with Crippen LogP contribution in [0.5, 0.6) is 5.75 Å². The zero-order valence-corrected chi connectivity index (χ0v) is 13.2. The van der Waals surface area contributed by atoms with Crippen LogP contribution in [0.2, 0.25) is 0 Å². The fraction of sp³-hybridized carbons (Fsp3) is 0.278. The molecule has 0 radical (unpaired) electrons. The second kappa shape index (κ2) is 7.74. The summed E-state index contributed by atoms with van der Waals surface area (Å²) in [6.07, 6.45) is -0.867. The van der Waals surface area contributed by atoms with Crippen molar-refractivity contribution in [2.75, 3.05) is 20.2 Å². The molecule has 2 aromatic rings. The maximum absolute atomic E-state index is 12.9. The highest BCUT2D eigenvalue weighted by Crippen LogP contribution is 2.18. The van der Waals surface area contributed by atoms with Crippen LogP contribution in [-0.2, 0) is 0 Å². The summed E-state index contributed by atoms with van der Waals surface area (Å²) in [5, 5.41) is 10.1. The number of aliphatic hydroxyl groups excluding tert-OH is 1. The Hall–Kier alpha value is -2.40. The molecule has 0 heterocycles. The summed E-state index contributed by atoms with van der Waals surface area (Å²) in [7, 11) is 1.73. The first kappa shape index (κ1) is 17.0. The maximum atomic E-state index is 12.9. The molecule has 1 N–H and O–H groups in total. The van der Waals surface area contributed by atoms with E-state index < -0.39 is 6.10 Å². The Balaban J connectivity index is 2.00. The van der Waals surface area contributed by atoms with Gasteiger partial charge in [0.25, 0.3) is 5.91 Å². The molecule has 122 valence electrons. The lowest BCUT2D eigenvalue weighted by Crippen LogP contribution is -2.26. The highest BCUT2D eigenvalue weighted by atomic mass is 19.1. The molecule has 0 saturated heterocycles. The van der Waals surface area contributed by atoms with Gasteiger partial charge in [-0.1, -0.05) is 18.2 Å². The number of ether oxygens (including phenoxy) is 1. The largest absolute Gasteiger partial charge is 0.491 e. The van der Waals surface area contributed by atoms with Gasteiger partial charge in [-0.05, 0) is 42.8 Å². The van der Waals surface area contributed by atoms with Gasteiger partial charge >= 0.3 is 0 Å². The van der Waals surface area contributed by atoms with Crippen LogP contribution >= 0.6 is 0 Å². The smallest absolute Gasteiger partial charge is 0.253 e. The minimum Gasteiger partial charge on any atom is -0.491 e. The molecule has 4 nitrogen and oxygen atoms in total. The SMILES string of the molecule is CCN(C)C(=O)c1cccc(OCC(O)c2ccc(F)cc2)c1. The third-order valence-electron chi connectivity index (χ3n) is 3.56. The first-order valence-corrected chi connectivity index (χ1v) is 7.43. The number of halogens is 1. The van der Waals surface area contributed by atoms with E-state index in [0.717, 1.165) is 0 Å². The predicted octanol–water partition coefficient (Wildman–Crippen LogP) is 3.03. The summed E-state index contributed by atoms with van der Waals surface area (Å²) in [6, 6.07) is 12.4. The molecular formula is C18H20FNO3. The second-order valence-electron chi connectivity index (χ2n) is 5.23. The van der Waals surface area contributed by atoms with Gasteiger partial charge in [0.15, 0.2) is 0 Å². The number of carbonyl (C=O) groups excluding carboxylic acids is 1. The molecule has 1 amide bonds. The molecule has 0 saturated carbocycles. The van der Waals surface area contributed by atoms with Crippen molar-refractivity contribution >= 4 is 5.91 Å². The van der Waals surface area contributed by atoms with Crippen LogP contribution in [0.3, 0.4) is 0 Å². The van der Waals surface area contributed by atoms with Gasteiger partial charge in [0, 0.05) is 19.2 Å². The maximum Gasteiger partial charge on any atom is 0.253 e. The Kier molecular flexibility index (Phi) is 5.71. The van der Waals surface area contributed by atoms with Crippen LogP contribution in [0, 0.1) is 5.82 Å². The molecule has 5 heteroatoms. The fourth-order valence-electron chi connectivity index (χ4n) is 2.04. The van der Waals surface area contributed by atoms with Crippen molar-refractivity contribution in [1.29, 1.82) is 0 Å². The van der Waals surface area contributed by atoms with Crippen LogP contribution < -0.4 is 4.74 Å². The van der Waals surface area contributed by atoms with E-state index in [0.29, 0.717) is 23.4 Å². The van der Waals surface area contributed by atoms with Gasteiger partial charge in [-0.15, -0.1) is 0 Å². The standard InChI is InChI=1S/C18H20FNO3/c1-3-20(2)18(22)14-5-4-6-16(11-14)23-12-17(21)13-7-9-15(19)10-8-13/h4-11,17,21H,3,12H2,1-2H3. The van der Waals surface area contributed by atoms with Crippen molar-refractivity contribution in [2.24, 2.45) is 0 Å². The van der Waals surface area contributed by atoms with Crippen LogP contribution in [0.4, 0.5) is 4.39 Å². The lowest BCUT2D eigenvalue weighted by Gasteiger charge is -2.16. The third-order valence-corrected chi connectivity index (χ3v) is 3.56. The molecule has 0 bridgehead atoms. The van der Waals surface area contributed by atoms with Gasteiger partial charge in [0.05, 0.1) is 0 Å². The van der Waals surface area contributed by atoms with Crippen LogP contribution in [0.1, 0.15) is 28.9 Å². The zero-order chi connectivity index (χ0) is 16.8. The molecular weight excluding hydrogens is 297 g/mol. The van der Waals surface area contributed by atoms with Crippen LogP contribution in [0.15, 0.2) is 48.5 Å². The molecule has 1 atom stereocenters. The van der Waals surface area contributed by atoms with E-state index in [-0.39, 0.29) is 18.3 Å². The monoisotopic (exact) mass is 317 g/mol. The van der Waals surface area contributed by atoms with Crippen LogP contribution in [0.25, 0.3) is 0 Å². The molecule has 1 unspecified atom stereocenters. The number of amides is 1. The van der Waals surface area contributed by atoms with Crippen molar-refractivity contribution in [3.63, 3.8) is 0 Å². The molecule has 0 aliphatic rings. The lowest BCUT2D eigenvalue weighted by molar-refractivity contribution is 0.0801. The molecule has 0 spiro atoms. The van der Waals surface area contributed by atoms with Gasteiger partial charge in [-0.3, -0.25) is 4.79 Å². The first-order chi connectivity index (χ1) is 11.0. The van der Waals surface area contributed by atoms with Gasteiger partial charge < -0.3 is 14.7 Å². The van der Waals surface area contributed by atoms with Crippen molar-refractivity contribution in [3.8, 4) is 5.75 Å². The van der Waals surface area contributed by atoms with Crippen LogP contribution in [-0.4, -0.2) is 36.1 Å². The van der Waals surface area contributed by atoms with Crippen molar-refractivity contribution in [2.45, 2.75) is 13.0 Å². The van der Waals surface area contributed by atoms with Gasteiger partial charge in [-0.25, -0.2) is 4.39 Å². The fourth-order valence-corrected chi connectivity index (χ4v) is 2.04. The molecule has 0 aromatic heterocycles. The van der Waals surface area contributed by atoms with E-state index >= 15 is 0 Å². The number of carbonyl (C=O) groups is 1. The van der Waals surface area contributed by atoms with E-state index in [2.05, 4.69) is 0 Å². The Morgan fingerprint density at radius 1 is 1.26 bits per heavy atom. The minimum atomic E-state index is -0.867. The first-order valence-electron chi connectivity index (χ1n) is 7.43. The quantitative estimate of drug-likeness (QED) is 0.891. The van der Waals surface area contributed by atoms with E-state index in [1.807, 2.05) is 6.92 Å². The van der Waals surface area contributed by atoms with Gasteiger partial charge in [0.1, 0.15) is 24.3 Å². The Morgan fingerprint density at radius 2 is 1.96 bits per heavy atom. The number of hydrogen-bond donors (Lipinski definition) is 1. The summed E-state index contributed by atoms with van der Waals surface area (Å²) in [6.45, 7) is 2.54. The Labute approximate surface area is 135 Å². The average Bonchev–Trinajstić information content (AvgIpc) is 2.59. The van der Waals surface area contributed by atoms with Gasteiger partial charge in [-0.2, -0.15) is 0 Å². The summed E-state index contributed by atoms with van der Waals surface area (Å²) in [5.74, 6) is 0.0617. The topological polar surface area (TPSA) is 49.8 Å². The molecule has 0 fully saturated rings. The highest BCUT2D eigenvalue weighted by Gasteiger charge is 2.12. The number of aliphatic hydroxyl groups is 1. The molecule has 0 aliphatic heterocycles. The molecule has 23 heavy (non-hydrogen) atoms. The third kappa shape index (κ3) is 4.53. The molecule has 2 aromatic carbocycles. The molecule has 0 aliphatic carbocycles. The Bertz CT molecular complexity index is 658. The summed E-state index contributed by atoms with van der Waals surface area (Å²) in [5.41, 5.74) is 1.10. The highest BCUT2D eigenvalue weighted by molar-refractivity contribution is 5.94. The predicted molar refractivity (Wildman–Crippen MR) is 85.9 cm³/mol. The zero-order valence-electron chi connectivity index (χ0n) is 13.2. The number of rotatable bonds is 6. The summed E-state index contributed by atoms with van der Waals surface area (Å²) >= 11 is 0. The normalized spacial score (nSPS) is 11.8. The summed E-state index contributed by atoms with van der Waals surface area (Å²) in [4.78, 5) is 13.7. The second-order valence-corrected chi connectivity index (χ2v) is 5.23. The van der Waals surface area contributed by atoms with Gasteiger partial charge in [0.2, 0.25) is 0 Å². The average molecular weight is 317 g/mol. The number of benzene rings is 2. The molecule has 2 rings (SSSR count). The number of nitrogens with zero attached hydrogens (tertiary/aromatic N) is 1.